The lowest BCUT2D eigenvalue weighted by Crippen LogP contribution is -2.12. The maximum atomic E-state index is 12.7. The van der Waals surface area contributed by atoms with Crippen LogP contribution in [0.3, 0.4) is 0 Å². The normalized spacial score (nSPS) is 11.6. The van der Waals surface area contributed by atoms with E-state index in [2.05, 4.69) is 9.71 Å². The second-order valence-electron chi connectivity index (χ2n) is 6.48. The first-order chi connectivity index (χ1) is 14.8. The number of hydrogen-bond donors (Lipinski definition) is 1. The van der Waals surface area contributed by atoms with E-state index in [1.807, 2.05) is 6.07 Å². The molecule has 0 aliphatic rings. The van der Waals surface area contributed by atoms with Crippen LogP contribution in [0.15, 0.2) is 75.2 Å². The number of aromatic nitrogens is 1. The Morgan fingerprint density at radius 3 is 2.52 bits per heavy atom. The first-order valence-corrected chi connectivity index (χ1v) is 12.2. The quantitative estimate of drug-likeness (QED) is 0.306. The summed E-state index contributed by atoms with van der Waals surface area (Å²) in [4.78, 5) is 4.49. The molecule has 0 unspecified atom stereocenters. The standard InChI is InChI=1S/C21H16Cl2N2O4S2/c1-28-15-5-3-14(4-6-15)25-31(26,27)16-7-9-20-19(11-16)24-21(29-20)30-12-13-2-8-17(22)18(23)10-13/h2-11,25H,12H2,1H3. The second kappa shape index (κ2) is 9.00. The average molecular weight is 495 g/mol. The molecule has 1 heterocycles. The number of halogens is 2. The summed E-state index contributed by atoms with van der Waals surface area (Å²) in [6, 6.07) is 16.6. The Kier molecular flexibility index (Phi) is 6.34. The van der Waals surface area contributed by atoms with Crippen molar-refractivity contribution in [3.05, 3.63) is 76.3 Å². The maximum Gasteiger partial charge on any atom is 0.261 e. The fourth-order valence-corrected chi connectivity index (χ4v) is 4.94. The Morgan fingerprint density at radius 1 is 1.03 bits per heavy atom. The Balaban J connectivity index is 1.51. The SMILES string of the molecule is COc1ccc(NS(=O)(=O)c2ccc3oc(SCc4ccc(Cl)c(Cl)c4)nc3c2)cc1. The highest BCUT2D eigenvalue weighted by molar-refractivity contribution is 7.98. The zero-order valence-corrected chi connectivity index (χ0v) is 19.3. The number of benzene rings is 3. The van der Waals surface area contributed by atoms with Crippen molar-refractivity contribution in [2.75, 3.05) is 11.8 Å². The van der Waals surface area contributed by atoms with Gasteiger partial charge in [0.1, 0.15) is 11.3 Å². The average Bonchev–Trinajstić information content (AvgIpc) is 3.17. The minimum atomic E-state index is -3.79. The lowest BCUT2D eigenvalue weighted by Gasteiger charge is -2.08. The van der Waals surface area contributed by atoms with Crippen molar-refractivity contribution >= 4 is 61.8 Å². The van der Waals surface area contributed by atoms with Crippen LogP contribution in [0, 0.1) is 0 Å². The molecule has 31 heavy (non-hydrogen) atoms. The van der Waals surface area contributed by atoms with Gasteiger partial charge in [-0.15, -0.1) is 0 Å². The molecule has 10 heteroatoms. The summed E-state index contributed by atoms with van der Waals surface area (Å²) in [5.74, 6) is 1.21. The van der Waals surface area contributed by atoms with Crippen molar-refractivity contribution in [2.45, 2.75) is 15.9 Å². The van der Waals surface area contributed by atoms with E-state index in [1.54, 1.807) is 49.6 Å². The Morgan fingerprint density at radius 2 is 1.81 bits per heavy atom. The lowest BCUT2D eigenvalue weighted by molar-refractivity contribution is 0.415. The summed E-state index contributed by atoms with van der Waals surface area (Å²) in [6.45, 7) is 0. The summed E-state index contributed by atoms with van der Waals surface area (Å²) >= 11 is 13.4. The Hall–Kier alpha value is -2.39. The largest absolute Gasteiger partial charge is 0.497 e. The van der Waals surface area contributed by atoms with Crippen LogP contribution < -0.4 is 9.46 Å². The molecule has 4 rings (SSSR count). The summed E-state index contributed by atoms with van der Waals surface area (Å²) in [7, 11) is -2.24. The molecule has 160 valence electrons. The van der Waals surface area contributed by atoms with Gasteiger partial charge in [-0.05, 0) is 60.2 Å². The molecule has 4 aromatic rings. The van der Waals surface area contributed by atoms with Gasteiger partial charge in [-0.1, -0.05) is 41.0 Å². The van der Waals surface area contributed by atoms with Crippen LogP contribution in [0.4, 0.5) is 5.69 Å². The summed E-state index contributed by atoms with van der Waals surface area (Å²) in [5.41, 5.74) is 2.35. The van der Waals surface area contributed by atoms with E-state index in [1.165, 1.54) is 23.9 Å². The van der Waals surface area contributed by atoms with E-state index in [0.29, 0.717) is 43.6 Å². The van der Waals surface area contributed by atoms with Gasteiger partial charge in [0.15, 0.2) is 5.58 Å². The summed E-state index contributed by atoms with van der Waals surface area (Å²) < 4.78 is 38.8. The van der Waals surface area contributed by atoms with Gasteiger partial charge in [0, 0.05) is 11.4 Å². The van der Waals surface area contributed by atoms with Gasteiger partial charge >= 0.3 is 0 Å². The van der Waals surface area contributed by atoms with Crippen molar-refractivity contribution in [3.63, 3.8) is 0 Å². The van der Waals surface area contributed by atoms with E-state index in [4.69, 9.17) is 32.4 Å². The molecule has 1 N–H and O–H groups in total. The van der Waals surface area contributed by atoms with Gasteiger partial charge in [0.2, 0.25) is 0 Å². The molecule has 0 spiro atoms. The predicted octanol–water partition coefficient (Wildman–Crippen LogP) is 6.24. The Labute approximate surface area is 193 Å². The lowest BCUT2D eigenvalue weighted by atomic mass is 10.2. The van der Waals surface area contributed by atoms with E-state index < -0.39 is 10.0 Å². The van der Waals surface area contributed by atoms with Crippen molar-refractivity contribution < 1.29 is 17.6 Å². The van der Waals surface area contributed by atoms with Crippen LogP contribution in [-0.4, -0.2) is 20.5 Å². The predicted molar refractivity (Wildman–Crippen MR) is 124 cm³/mol. The molecular formula is C21H16Cl2N2O4S2. The van der Waals surface area contributed by atoms with Gasteiger partial charge in [0.25, 0.3) is 15.2 Å². The minimum Gasteiger partial charge on any atom is -0.497 e. The molecule has 0 atom stereocenters. The van der Waals surface area contributed by atoms with Gasteiger partial charge in [-0.25, -0.2) is 13.4 Å². The third-order valence-corrected chi connectivity index (χ3v) is 7.36. The van der Waals surface area contributed by atoms with Crippen molar-refractivity contribution in [3.8, 4) is 5.75 Å². The number of fused-ring (bicyclic) bond motifs is 1. The number of methoxy groups -OCH3 is 1. The number of oxazole rings is 1. The van der Waals surface area contributed by atoms with E-state index in [9.17, 15) is 8.42 Å². The number of rotatable bonds is 7. The fourth-order valence-electron chi connectivity index (χ4n) is 2.76. The highest BCUT2D eigenvalue weighted by Gasteiger charge is 2.17. The fraction of sp³-hybridized carbons (Fsp3) is 0.0952. The van der Waals surface area contributed by atoms with Crippen LogP contribution >= 0.6 is 35.0 Å². The molecule has 6 nitrogen and oxygen atoms in total. The molecule has 0 aliphatic heterocycles. The maximum absolute atomic E-state index is 12.7. The number of thioether (sulfide) groups is 1. The molecular weight excluding hydrogens is 479 g/mol. The molecule has 0 amide bonds. The highest BCUT2D eigenvalue weighted by Crippen LogP contribution is 2.30. The smallest absolute Gasteiger partial charge is 0.261 e. The first-order valence-electron chi connectivity index (χ1n) is 8.98. The van der Waals surface area contributed by atoms with Crippen LogP contribution in [0.1, 0.15) is 5.56 Å². The monoisotopic (exact) mass is 494 g/mol. The first kappa shape index (κ1) is 21.8. The summed E-state index contributed by atoms with van der Waals surface area (Å²) in [5, 5.41) is 1.41. The molecule has 0 aliphatic carbocycles. The molecule has 0 saturated carbocycles. The highest BCUT2D eigenvalue weighted by atomic mass is 35.5. The molecule has 0 saturated heterocycles. The number of sulfonamides is 1. The third-order valence-electron chi connectivity index (χ3n) is 4.34. The van der Waals surface area contributed by atoms with E-state index in [-0.39, 0.29) is 4.90 Å². The van der Waals surface area contributed by atoms with Crippen LogP contribution in [0.5, 0.6) is 5.75 Å². The Bertz CT molecular complexity index is 1340. The van der Waals surface area contributed by atoms with E-state index >= 15 is 0 Å². The van der Waals surface area contributed by atoms with Crippen LogP contribution in [-0.2, 0) is 15.8 Å². The molecule has 1 aromatic heterocycles. The summed E-state index contributed by atoms with van der Waals surface area (Å²) in [6.07, 6.45) is 0. The van der Waals surface area contributed by atoms with Gasteiger partial charge in [-0.3, -0.25) is 4.72 Å². The van der Waals surface area contributed by atoms with Gasteiger partial charge in [0.05, 0.1) is 22.1 Å². The molecule has 3 aromatic carbocycles. The van der Waals surface area contributed by atoms with Gasteiger partial charge < -0.3 is 9.15 Å². The minimum absolute atomic E-state index is 0.0881. The number of nitrogens with one attached hydrogen (secondary N) is 1. The molecule has 0 fully saturated rings. The van der Waals surface area contributed by atoms with Crippen LogP contribution in [0.25, 0.3) is 11.1 Å². The molecule has 0 bridgehead atoms. The molecule has 0 radical (unpaired) electrons. The van der Waals surface area contributed by atoms with Crippen LogP contribution in [0.2, 0.25) is 10.0 Å². The number of anilines is 1. The van der Waals surface area contributed by atoms with Crippen molar-refractivity contribution in [2.24, 2.45) is 0 Å². The topological polar surface area (TPSA) is 81.4 Å². The van der Waals surface area contributed by atoms with Crippen molar-refractivity contribution in [1.82, 2.24) is 4.98 Å². The van der Waals surface area contributed by atoms with Crippen molar-refractivity contribution in [1.29, 1.82) is 0 Å². The second-order valence-corrected chi connectivity index (χ2v) is 9.90. The third kappa shape index (κ3) is 5.10. The van der Waals surface area contributed by atoms with E-state index in [0.717, 1.165) is 5.56 Å². The zero-order valence-electron chi connectivity index (χ0n) is 16.1. The number of ether oxygens (including phenoxy) is 1. The number of hydrogen-bond acceptors (Lipinski definition) is 6. The van der Waals surface area contributed by atoms with Gasteiger partial charge in [-0.2, -0.15) is 0 Å². The zero-order chi connectivity index (χ0) is 22.0. The number of nitrogens with zero attached hydrogens (tertiary/aromatic N) is 1.